The second-order valence-corrected chi connectivity index (χ2v) is 9.88. The van der Waals surface area contributed by atoms with Gasteiger partial charge in [0.2, 0.25) is 0 Å². The molecule has 4 fully saturated rings. The molecule has 2 bridgehead atoms. The van der Waals surface area contributed by atoms with Crippen LogP contribution in [-0.2, 0) is 14.2 Å². The van der Waals surface area contributed by atoms with Crippen molar-refractivity contribution in [2.24, 2.45) is 28.6 Å². The third kappa shape index (κ3) is 2.01. The third-order valence-electron chi connectivity index (χ3n) is 8.27. The van der Waals surface area contributed by atoms with E-state index in [4.69, 9.17) is 14.2 Å². The summed E-state index contributed by atoms with van der Waals surface area (Å²) in [5, 5.41) is 0. The first-order valence-corrected chi connectivity index (χ1v) is 9.74. The standard InChI is InChI=1S/C21H34O3/c1-7-10-22-13-19(5)23-17-12-21-11-16(20(17,6)24-19)18(3,4)15(21)9-8-14(21)2/h7,14-17H,1,8-13H2,2-6H3/t14-,15+,16-,17+,19?,20-,21-/m1/s1. The molecule has 1 saturated heterocycles. The second kappa shape index (κ2) is 5.08. The number of rotatable bonds is 4. The molecule has 1 unspecified atom stereocenters. The average molecular weight is 335 g/mol. The molecule has 0 aromatic rings. The van der Waals surface area contributed by atoms with Crippen LogP contribution in [0, 0.1) is 28.6 Å². The van der Waals surface area contributed by atoms with E-state index in [1.807, 2.05) is 6.92 Å². The molecule has 0 amide bonds. The van der Waals surface area contributed by atoms with Gasteiger partial charge in [-0.2, -0.15) is 0 Å². The van der Waals surface area contributed by atoms with Crippen molar-refractivity contribution >= 4 is 0 Å². The van der Waals surface area contributed by atoms with E-state index in [2.05, 4.69) is 34.3 Å². The fraction of sp³-hybridized carbons (Fsp3) is 0.905. The molecule has 3 nitrogen and oxygen atoms in total. The van der Waals surface area contributed by atoms with Crippen molar-refractivity contribution in [2.75, 3.05) is 13.2 Å². The Bertz CT molecular complexity index is 543. The average Bonchev–Trinajstić information content (AvgIpc) is 3.01. The van der Waals surface area contributed by atoms with Crippen LogP contribution in [0.2, 0.25) is 0 Å². The van der Waals surface area contributed by atoms with Crippen molar-refractivity contribution in [3.63, 3.8) is 0 Å². The molecule has 4 rings (SSSR count). The minimum absolute atomic E-state index is 0.189. The fourth-order valence-electron chi connectivity index (χ4n) is 7.29. The van der Waals surface area contributed by atoms with Gasteiger partial charge in [-0.15, -0.1) is 6.58 Å². The van der Waals surface area contributed by atoms with Crippen LogP contribution in [0.5, 0.6) is 0 Å². The molecule has 0 N–H and O–H groups in total. The SMILES string of the molecule is C=CCOCC1(C)O[C@H]2C[C@@]34C[C@H](C(C)(C)[C@@H]3CC[C@H]4C)[C@@]2(C)O1. The zero-order valence-corrected chi connectivity index (χ0v) is 16.1. The van der Waals surface area contributed by atoms with Crippen LogP contribution in [0.15, 0.2) is 12.7 Å². The Morgan fingerprint density at radius 1 is 1.12 bits per heavy atom. The molecule has 1 aliphatic heterocycles. The lowest BCUT2D eigenvalue weighted by atomic mass is 9.63. The van der Waals surface area contributed by atoms with Crippen LogP contribution < -0.4 is 0 Å². The van der Waals surface area contributed by atoms with E-state index in [0.29, 0.717) is 30.0 Å². The maximum absolute atomic E-state index is 6.67. The molecule has 0 radical (unpaired) electrons. The molecule has 1 heterocycles. The lowest BCUT2D eigenvalue weighted by molar-refractivity contribution is -0.215. The van der Waals surface area contributed by atoms with Gasteiger partial charge >= 0.3 is 0 Å². The first kappa shape index (κ1) is 17.1. The Morgan fingerprint density at radius 2 is 1.88 bits per heavy atom. The number of hydrogen-bond donors (Lipinski definition) is 0. The summed E-state index contributed by atoms with van der Waals surface area (Å²) >= 11 is 0. The smallest absolute Gasteiger partial charge is 0.190 e. The lowest BCUT2D eigenvalue weighted by Gasteiger charge is -2.47. The topological polar surface area (TPSA) is 27.7 Å². The van der Waals surface area contributed by atoms with Gasteiger partial charge in [0, 0.05) is 0 Å². The van der Waals surface area contributed by atoms with E-state index in [1.165, 1.54) is 19.3 Å². The van der Waals surface area contributed by atoms with Gasteiger partial charge in [-0.05, 0) is 68.1 Å². The van der Waals surface area contributed by atoms with E-state index in [1.54, 1.807) is 6.08 Å². The number of hydrogen-bond acceptors (Lipinski definition) is 3. The Hall–Kier alpha value is -0.380. The molecule has 0 aromatic heterocycles. The summed E-state index contributed by atoms with van der Waals surface area (Å²) in [6.45, 7) is 16.6. The Morgan fingerprint density at radius 3 is 2.58 bits per heavy atom. The zero-order valence-electron chi connectivity index (χ0n) is 16.1. The minimum Gasteiger partial charge on any atom is -0.372 e. The Kier molecular flexibility index (Phi) is 3.61. The summed E-state index contributed by atoms with van der Waals surface area (Å²) in [6.07, 6.45) is 7.20. The molecule has 7 atom stereocenters. The van der Waals surface area contributed by atoms with Crippen molar-refractivity contribution in [3.8, 4) is 0 Å². The first-order chi connectivity index (χ1) is 11.2. The van der Waals surface area contributed by atoms with Crippen LogP contribution in [0.25, 0.3) is 0 Å². The van der Waals surface area contributed by atoms with Gasteiger partial charge in [0.05, 0.1) is 18.3 Å². The van der Waals surface area contributed by atoms with Crippen LogP contribution in [0.1, 0.15) is 60.3 Å². The normalized spacial score (nSPS) is 54.5. The highest BCUT2D eigenvalue weighted by Gasteiger charge is 2.74. The van der Waals surface area contributed by atoms with Gasteiger partial charge in [-0.25, -0.2) is 0 Å². The lowest BCUT2D eigenvalue weighted by Crippen LogP contribution is -2.52. The highest BCUT2D eigenvalue weighted by Crippen LogP contribution is 2.75. The number of ether oxygens (including phenoxy) is 3. The van der Waals surface area contributed by atoms with Crippen molar-refractivity contribution in [1.82, 2.24) is 0 Å². The van der Waals surface area contributed by atoms with Gasteiger partial charge < -0.3 is 14.2 Å². The monoisotopic (exact) mass is 334 g/mol. The van der Waals surface area contributed by atoms with Crippen LogP contribution >= 0.6 is 0 Å². The maximum atomic E-state index is 6.67. The van der Waals surface area contributed by atoms with E-state index < -0.39 is 5.79 Å². The van der Waals surface area contributed by atoms with Gasteiger partial charge in [0.15, 0.2) is 5.79 Å². The Balaban J connectivity index is 1.65. The van der Waals surface area contributed by atoms with Gasteiger partial charge in [0.25, 0.3) is 0 Å². The summed E-state index contributed by atoms with van der Waals surface area (Å²) in [4.78, 5) is 0. The second-order valence-electron chi connectivity index (χ2n) is 9.88. The quantitative estimate of drug-likeness (QED) is 0.557. The van der Waals surface area contributed by atoms with Crippen molar-refractivity contribution in [3.05, 3.63) is 12.7 Å². The molecule has 0 aromatic carbocycles. The van der Waals surface area contributed by atoms with E-state index in [-0.39, 0.29) is 11.7 Å². The predicted molar refractivity (Wildman–Crippen MR) is 94.6 cm³/mol. The van der Waals surface area contributed by atoms with Crippen molar-refractivity contribution in [2.45, 2.75) is 77.8 Å². The molecule has 3 aliphatic carbocycles. The van der Waals surface area contributed by atoms with Crippen LogP contribution in [0.3, 0.4) is 0 Å². The third-order valence-corrected chi connectivity index (χ3v) is 8.27. The van der Waals surface area contributed by atoms with Crippen molar-refractivity contribution in [1.29, 1.82) is 0 Å². The molecule has 136 valence electrons. The Labute approximate surface area is 147 Å². The maximum Gasteiger partial charge on any atom is 0.190 e. The minimum atomic E-state index is -0.628. The highest BCUT2D eigenvalue weighted by atomic mass is 16.8. The molecule has 3 saturated carbocycles. The summed E-state index contributed by atoms with van der Waals surface area (Å²) in [7, 11) is 0. The van der Waals surface area contributed by atoms with Gasteiger partial charge in [-0.3, -0.25) is 0 Å². The molecule has 4 aliphatic rings. The van der Waals surface area contributed by atoms with Crippen LogP contribution in [0.4, 0.5) is 0 Å². The molecule has 24 heavy (non-hydrogen) atoms. The zero-order chi connectivity index (χ0) is 17.4. The summed E-state index contributed by atoms with van der Waals surface area (Å²) in [5.74, 6) is 1.57. The van der Waals surface area contributed by atoms with E-state index in [9.17, 15) is 0 Å². The fourth-order valence-corrected chi connectivity index (χ4v) is 7.29. The summed E-state index contributed by atoms with van der Waals surface area (Å²) < 4.78 is 18.9. The number of fused-ring (bicyclic) bond motifs is 3. The van der Waals surface area contributed by atoms with Crippen LogP contribution in [-0.4, -0.2) is 30.7 Å². The molecular formula is C21H34O3. The van der Waals surface area contributed by atoms with Gasteiger partial charge in [-0.1, -0.05) is 26.8 Å². The van der Waals surface area contributed by atoms with Gasteiger partial charge in [0.1, 0.15) is 6.61 Å². The molecular weight excluding hydrogens is 300 g/mol. The first-order valence-electron chi connectivity index (χ1n) is 9.74. The van der Waals surface area contributed by atoms with E-state index >= 15 is 0 Å². The predicted octanol–water partition coefficient (Wildman–Crippen LogP) is 4.56. The molecule has 3 heteroatoms. The summed E-state index contributed by atoms with van der Waals surface area (Å²) in [5.41, 5.74) is 0.602. The van der Waals surface area contributed by atoms with Crippen molar-refractivity contribution < 1.29 is 14.2 Å². The molecule has 1 spiro atoms. The highest BCUT2D eigenvalue weighted by molar-refractivity contribution is 5.21. The van der Waals surface area contributed by atoms with E-state index in [0.717, 1.165) is 18.3 Å². The summed E-state index contributed by atoms with van der Waals surface area (Å²) in [6, 6.07) is 0. The largest absolute Gasteiger partial charge is 0.372 e.